The Bertz CT molecular complexity index is 1290. The van der Waals surface area contributed by atoms with Crippen LogP contribution < -0.4 is 9.47 Å². The van der Waals surface area contributed by atoms with Gasteiger partial charge in [0.2, 0.25) is 5.91 Å². The number of ether oxygens (including phenoxy) is 2. The van der Waals surface area contributed by atoms with Crippen molar-refractivity contribution in [3.8, 4) is 11.5 Å². The number of nitrogens with zero attached hydrogens (tertiary/aromatic N) is 4. The molecule has 0 unspecified atom stereocenters. The van der Waals surface area contributed by atoms with Gasteiger partial charge in [-0.05, 0) is 53.3 Å². The van der Waals surface area contributed by atoms with E-state index in [1.165, 1.54) is 17.3 Å². The Morgan fingerprint density at radius 3 is 2.61 bits per heavy atom. The normalized spacial score (nSPS) is 13.4. The molecule has 0 bridgehead atoms. The van der Waals surface area contributed by atoms with E-state index in [9.17, 15) is 4.79 Å². The van der Waals surface area contributed by atoms with E-state index in [2.05, 4.69) is 16.3 Å². The van der Waals surface area contributed by atoms with Crippen LogP contribution >= 0.6 is 11.8 Å². The summed E-state index contributed by atoms with van der Waals surface area (Å²) in [6.45, 7) is 1.25. The molecule has 5 rings (SSSR count). The van der Waals surface area contributed by atoms with Gasteiger partial charge in [0, 0.05) is 13.1 Å². The van der Waals surface area contributed by atoms with Crippen LogP contribution in [0.4, 0.5) is 0 Å². The van der Waals surface area contributed by atoms with Crippen LogP contribution in [0.5, 0.6) is 11.5 Å². The molecule has 0 saturated carbocycles. The number of rotatable bonds is 5. The van der Waals surface area contributed by atoms with Gasteiger partial charge < -0.3 is 14.4 Å². The van der Waals surface area contributed by atoms with Crippen molar-refractivity contribution >= 4 is 34.2 Å². The predicted octanol–water partition coefficient (Wildman–Crippen LogP) is 3.58. The maximum Gasteiger partial charge on any atom is 0.233 e. The minimum absolute atomic E-state index is 0.0856. The first kappa shape index (κ1) is 19.7. The van der Waals surface area contributed by atoms with Crippen LogP contribution in [-0.2, 0) is 17.8 Å². The number of hydrogen-bond donors (Lipinski definition) is 0. The van der Waals surface area contributed by atoms with E-state index in [0.717, 1.165) is 39.4 Å². The SMILES string of the molecule is COc1cc2c(cc1OC)CN(C(=O)CSc1nnc3ccc4ccccc4n13)CC2. The minimum atomic E-state index is 0.0856. The zero-order valence-electron chi connectivity index (χ0n) is 17.4. The molecule has 0 spiro atoms. The molecule has 0 radical (unpaired) electrons. The number of amides is 1. The number of fused-ring (bicyclic) bond motifs is 4. The van der Waals surface area contributed by atoms with Crippen LogP contribution in [0.1, 0.15) is 11.1 Å². The number of carbonyl (C=O) groups is 1. The van der Waals surface area contributed by atoms with Gasteiger partial charge in [0.05, 0.1) is 25.5 Å². The van der Waals surface area contributed by atoms with Crippen LogP contribution in [0, 0.1) is 0 Å². The Hall–Kier alpha value is -3.26. The Kier molecular flexibility index (Phi) is 5.15. The molecule has 3 heterocycles. The van der Waals surface area contributed by atoms with E-state index < -0.39 is 0 Å². The summed E-state index contributed by atoms with van der Waals surface area (Å²) in [4.78, 5) is 14.9. The van der Waals surface area contributed by atoms with Crippen LogP contribution in [0.15, 0.2) is 53.7 Å². The topological polar surface area (TPSA) is 69.0 Å². The standard InChI is InChI=1S/C23H22N4O3S/c1-29-19-11-16-9-10-26(13-17(16)12-20(19)30-2)22(28)14-31-23-25-24-21-8-7-15-5-3-4-6-18(15)27(21)23/h3-8,11-12H,9-10,13-14H2,1-2H3. The number of aromatic nitrogens is 3. The van der Waals surface area contributed by atoms with Gasteiger partial charge in [0.1, 0.15) is 0 Å². The first-order valence-corrected chi connectivity index (χ1v) is 11.0. The summed E-state index contributed by atoms with van der Waals surface area (Å²) in [5, 5.41) is 10.4. The van der Waals surface area contributed by atoms with Gasteiger partial charge in [0.25, 0.3) is 0 Å². The highest BCUT2D eigenvalue weighted by molar-refractivity contribution is 7.99. The third-order valence-corrected chi connectivity index (χ3v) is 6.56. The summed E-state index contributed by atoms with van der Waals surface area (Å²) in [6.07, 6.45) is 0.796. The second kappa shape index (κ2) is 8.11. The van der Waals surface area contributed by atoms with E-state index in [1.807, 2.05) is 51.8 Å². The van der Waals surface area contributed by atoms with Crippen molar-refractivity contribution in [3.05, 3.63) is 59.7 Å². The van der Waals surface area contributed by atoms with E-state index >= 15 is 0 Å². The molecular weight excluding hydrogens is 412 g/mol. The van der Waals surface area contributed by atoms with Crippen molar-refractivity contribution in [1.82, 2.24) is 19.5 Å². The molecule has 0 N–H and O–H groups in total. The lowest BCUT2D eigenvalue weighted by atomic mass is 9.99. The lowest BCUT2D eigenvalue weighted by Crippen LogP contribution is -2.37. The molecule has 0 atom stereocenters. The van der Waals surface area contributed by atoms with Gasteiger partial charge in [-0.3, -0.25) is 9.20 Å². The van der Waals surface area contributed by atoms with E-state index in [4.69, 9.17) is 9.47 Å². The zero-order valence-corrected chi connectivity index (χ0v) is 18.2. The number of carbonyl (C=O) groups excluding carboxylic acids is 1. The highest BCUT2D eigenvalue weighted by Gasteiger charge is 2.23. The Morgan fingerprint density at radius 1 is 1.03 bits per heavy atom. The molecule has 8 heteroatoms. The van der Waals surface area contributed by atoms with Crippen molar-refractivity contribution in [2.24, 2.45) is 0 Å². The number of thioether (sulfide) groups is 1. The molecule has 158 valence electrons. The monoisotopic (exact) mass is 434 g/mol. The van der Waals surface area contributed by atoms with Crippen LogP contribution in [0.3, 0.4) is 0 Å². The highest BCUT2D eigenvalue weighted by atomic mass is 32.2. The third-order valence-electron chi connectivity index (χ3n) is 5.64. The first-order chi connectivity index (χ1) is 15.2. The number of para-hydroxylation sites is 1. The fourth-order valence-electron chi connectivity index (χ4n) is 4.02. The fourth-order valence-corrected chi connectivity index (χ4v) is 4.87. The summed E-state index contributed by atoms with van der Waals surface area (Å²) in [6, 6.07) is 16.1. The van der Waals surface area contributed by atoms with Crippen molar-refractivity contribution in [1.29, 1.82) is 0 Å². The summed E-state index contributed by atoms with van der Waals surface area (Å²) in [7, 11) is 3.26. The quantitative estimate of drug-likeness (QED) is 0.447. The lowest BCUT2D eigenvalue weighted by molar-refractivity contribution is -0.129. The number of pyridine rings is 1. The van der Waals surface area contributed by atoms with Gasteiger partial charge in [-0.2, -0.15) is 0 Å². The second-order valence-electron chi connectivity index (χ2n) is 7.40. The number of methoxy groups -OCH3 is 2. The molecule has 2 aromatic carbocycles. The smallest absolute Gasteiger partial charge is 0.233 e. The van der Waals surface area contributed by atoms with Crippen LogP contribution in [0.25, 0.3) is 16.6 Å². The van der Waals surface area contributed by atoms with Gasteiger partial charge >= 0.3 is 0 Å². The third kappa shape index (κ3) is 3.57. The number of benzene rings is 2. The summed E-state index contributed by atoms with van der Waals surface area (Å²) in [5.74, 6) is 1.81. The molecule has 0 fully saturated rings. The van der Waals surface area contributed by atoms with Crippen LogP contribution in [-0.4, -0.2) is 51.9 Å². The second-order valence-corrected chi connectivity index (χ2v) is 8.34. The Balaban J connectivity index is 1.33. The predicted molar refractivity (Wildman–Crippen MR) is 120 cm³/mol. The van der Waals surface area contributed by atoms with E-state index in [1.54, 1.807) is 14.2 Å². The molecule has 31 heavy (non-hydrogen) atoms. The van der Waals surface area contributed by atoms with E-state index in [0.29, 0.717) is 24.6 Å². The van der Waals surface area contributed by atoms with E-state index in [-0.39, 0.29) is 5.91 Å². The van der Waals surface area contributed by atoms with Crippen molar-refractivity contribution in [2.75, 3.05) is 26.5 Å². The molecule has 1 aliphatic heterocycles. The average molecular weight is 435 g/mol. The lowest BCUT2D eigenvalue weighted by Gasteiger charge is -2.29. The first-order valence-electron chi connectivity index (χ1n) is 10.0. The molecule has 7 nitrogen and oxygen atoms in total. The van der Waals surface area contributed by atoms with Crippen molar-refractivity contribution in [2.45, 2.75) is 18.1 Å². The fraction of sp³-hybridized carbons (Fsp3) is 0.261. The molecular formula is C23H22N4O3S. The van der Waals surface area contributed by atoms with Gasteiger partial charge in [-0.25, -0.2) is 0 Å². The van der Waals surface area contributed by atoms with Crippen molar-refractivity contribution < 1.29 is 14.3 Å². The van der Waals surface area contributed by atoms with Crippen molar-refractivity contribution in [3.63, 3.8) is 0 Å². The Morgan fingerprint density at radius 2 is 1.81 bits per heavy atom. The largest absolute Gasteiger partial charge is 0.493 e. The van der Waals surface area contributed by atoms with Gasteiger partial charge in [-0.15, -0.1) is 10.2 Å². The maximum absolute atomic E-state index is 13.0. The zero-order chi connectivity index (χ0) is 21.4. The highest BCUT2D eigenvalue weighted by Crippen LogP contribution is 2.33. The van der Waals surface area contributed by atoms with Gasteiger partial charge in [0.15, 0.2) is 22.3 Å². The maximum atomic E-state index is 13.0. The molecule has 1 aliphatic rings. The minimum Gasteiger partial charge on any atom is -0.493 e. The molecule has 0 saturated heterocycles. The summed E-state index contributed by atoms with van der Waals surface area (Å²) >= 11 is 1.42. The van der Waals surface area contributed by atoms with Crippen LogP contribution in [0.2, 0.25) is 0 Å². The Labute approximate surface area is 184 Å². The summed E-state index contributed by atoms with van der Waals surface area (Å²) in [5.41, 5.74) is 4.11. The van der Waals surface area contributed by atoms with Gasteiger partial charge in [-0.1, -0.05) is 30.0 Å². The summed E-state index contributed by atoms with van der Waals surface area (Å²) < 4.78 is 12.8. The molecule has 2 aromatic heterocycles. The molecule has 1 amide bonds. The number of hydrogen-bond acceptors (Lipinski definition) is 6. The molecule has 4 aromatic rings. The molecule has 0 aliphatic carbocycles. The average Bonchev–Trinajstić information content (AvgIpc) is 3.24.